The van der Waals surface area contributed by atoms with E-state index in [2.05, 4.69) is 14.8 Å². The maximum atomic E-state index is 14.4. The number of methoxy groups -OCH3 is 1. The molecule has 0 saturated heterocycles. The number of carbonyl (C=O) groups excluding carboxylic acids is 1. The molecular formula is C20H21ClFN3O3. The maximum Gasteiger partial charge on any atom is 0.305 e. The monoisotopic (exact) mass is 405 g/mol. The molecular weight excluding hydrogens is 385 g/mol. The van der Waals surface area contributed by atoms with Gasteiger partial charge in [-0.05, 0) is 54.8 Å². The van der Waals surface area contributed by atoms with Crippen LogP contribution in [0, 0.1) is 5.82 Å². The van der Waals surface area contributed by atoms with Crippen molar-refractivity contribution < 1.29 is 18.7 Å². The van der Waals surface area contributed by atoms with Crippen LogP contribution in [0.15, 0.2) is 36.5 Å². The van der Waals surface area contributed by atoms with E-state index in [1.54, 1.807) is 22.8 Å². The normalized spacial score (nSPS) is 11.0. The van der Waals surface area contributed by atoms with Gasteiger partial charge in [0.2, 0.25) is 5.28 Å². The number of benzene rings is 1. The first-order valence-electron chi connectivity index (χ1n) is 9.08. The molecule has 0 fully saturated rings. The van der Waals surface area contributed by atoms with Crippen LogP contribution in [-0.4, -0.2) is 34.3 Å². The molecule has 0 N–H and O–H groups in total. The highest BCUT2D eigenvalue weighted by atomic mass is 35.5. The van der Waals surface area contributed by atoms with Crippen LogP contribution in [0.1, 0.15) is 32.1 Å². The van der Waals surface area contributed by atoms with Gasteiger partial charge < -0.3 is 9.47 Å². The molecule has 0 amide bonds. The fourth-order valence-electron chi connectivity index (χ4n) is 2.89. The Morgan fingerprint density at radius 3 is 2.79 bits per heavy atom. The van der Waals surface area contributed by atoms with Crippen LogP contribution >= 0.6 is 11.6 Å². The predicted octanol–water partition coefficient (Wildman–Crippen LogP) is 4.69. The molecule has 148 valence electrons. The number of rotatable bonds is 9. The third-order valence-electron chi connectivity index (χ3n) is 4.36. The van der Waals surface area contributed by atoms with E-state index in [1.165, 1.54) is 13.2 Å². The first kappa shape index (κ1) is 20.1. The van der Waals surface area contributed by atoms with Gasteiger partial charge in [-0.3, -0.25) is 4.79 Å². The van der Waals surface area contributed by atoms with Crippen LogP contribution in [-0.2, 0) is 9.53 Å². The topological polar surface area (TPSA) is 65.7 Å². The summed E-state index contributed by atoms with van der Waals surface area (Å²) in [6, 6.07) is 8.50. The molecule has 0 saturated carbocycles. The third-order valence-corrected chi connectivity index (χ3v) is 4.53. The lowest BCUT2D eigenvalue weighted by molar-refractivity contribution is -0.140. The molecule has 0 spiro atoms. The lowest BCUT2D eigenvalue weighted by Crippen LogP contribution is -2.01. The minimum Gasteiger partial charge on any atom is -0.491 e. The SMILES string of the molecule is COC(=O)CCCCCCOc1ccc(-c2ccc3cnc(Cl)nn23)cc1F. The van der Waals surface area contributed by atoms with Crippen molar-refractivity contribution in [3.63, 3.8) is 0 Å². The Labute approximate surface area is 167 Å². The predicted molar refractivity (Wildman–Crippen MR) is 104 cm³/mol. The smallest absolute Gasteiger partial charge is 0.305 e. The molecule has 0 aliphatic carbocycles. The van der Waals surface area contributed by atoms with Gasteiger partial charge >= 0.3 is 5.97 Å². The molecule has 0 radical (unpaired) electrons. The number of esters is 1. The van der Waals surface area contributed by atoms with Crippen LogP contribution in [0.4, 0.5) is 4.39 Å². The third kappa shape index (κ3) is 4.98. The summed E-state index contributed by atoms with van der Waals surface area (Å²) in [5, 5.41) is 4.28. The minimum absolute atomic E-state index is 0.122. The van der Waals surface area contributed by atoms with E-state index in [4.69, 9.17) is 16.3 Å². The molecule has 8 heteroatoms. The van der Waals surface area contributed by atoms with E-state index in [-0.39, 0.29) is 17.0 Å². The van der Waals surface area contributed by atoms with E-state index < -0.39 is 5.82 Å². The summed E-state index contributed by atoms with van der Waals surface area (Å²) in [6.07, 6.45) is 5.43. The number of halogens is 2. The summed E-state index contributed by atoms with van der Waals surface area (Å²) in [4.78, 5) is 15.0. The lowest BCUT2D eigenvalue weighted by Gasteiger charge is -2.09. The van der Waals surface area contributed by atoms with Crippen LogP contribution in [0.3, 0.4) is 0 Å². The van der Waals surface area contributed by atoms with Crippen molar-refractivity contribution in [2.24, 2.45) is 0 Å². The van der Waals surface area contributed by atoms with Crippen LogP contribution < -0.4 is 4.74 Å². The Balaban J connectivity index is 1.54. The second kappa shape index (κ2) is 9.50. The molecule has 2 heterocycles. The molecule has 0 aliphatic rings. The second-order valence-corrected chi connectivity index (χ2v) is 6.65. The standard InChI is InChI=1S/C20H21ClFN3O3/c1-27-19(26)6-4-2-3-5-11-28-18-10-7-14(12-16(18)22)17-9-8-15-13-23-20(21)24-25(15)17/h7-10,12-13H,2-6,11H2,1H3. The number of unbranched alkanes of at least 4 members (excludes halogenated alkanes) is 3. The number of hydrogen-bond donors (Lipinski definition) is 0. The van der Waals surface area contributed by atoms with Crippen LogP contribution in [0.25, 0.3) is 16.8 Å². The molecule has 2 aromatic heterocycles. The van der Waals surface area contributed by atoms with Crippen LogP contribution in [0.2, 0.25) is 5.28 Å². The zero-order chi connectivity index (χ0) is 19.9. The molecule has 1 aromatic carbocycles. The van der Waals surface area contributed by atoms with Crippen molar-refractivity contribution in [1.29, 1.82) is 0 Å². The summed E-state index contributed by atoms with van der Waals surface area (Å²) in [6.45, 7) is 0.422. The van der Waals surface area contributed by atoms with Gasteiger partial charge in [0.05, 0.1) is 31.1 Å². The summed E-state index contributed by atoms with van der Waals surface area (Å²) in [5.41, 5.74) is 2.16. The lowest BCUT2D eigenvalue weighted by atomic mass is 10.1. The largest absolute Gasteiger partial charge is 0.491 e. The van der Waals surface area contributed by atoms with Gasteiger partial charge in [-0.2, -0.15) is 0 Å². The van der Waals surface area contributed by atoms with Gasteiger partial charge in [0, 0.05) is 12.0 Å². The Hall–Kier alpha value is -2.67. The van der Waals surface area contributed by atoms with Crippen molar-refractivity contribution in [3.05, 3.63) is 47.6 Å². The first-order chi connectivity index (χ1) is 13.6. The highest BCUT2D eigenvalue weighted by Gasteiger charge is 2.11. The Morgan fingerprint density at radius 1 is 1.18 bits per heavy atom. The summed E-state index contributed by atoms with van der Waals surface area (Å²) in [7, 11) is 1.39. The van der Waals surface area contributed by atoms with Gasteiger partial charge in [0.25, 0.3) is 0 Å². The maximum absolute atomic E-state index is 14.4. The van der Waals surface area contributed by atoms with E-state index in [1.807, 2.05) is 12.1 Å². The fraction of sp³-hybridized carbons (Fsp3) is 0.350. The van der Waals surface area contributed by atoms with Gasteiger partial charge in [-0.25, -0.2) is 13.9 Å². The van der Waals surface area contributed by atoms with E-state index in [9.17, 15) is 9.18 Å². The molecule has 3 rings (SSSR count). The number of hydrogen-bond acceptors (Lipinski definition) is 5. The first-order valence-corrected chi connectivity index (χ1v) is 9.46. The Kier molecular flexibility index (Phi) is 6.81. The molecule has 0 atom stereocenters. The molecule has 3 aromatic rings. The Morgan fingerprint density at radius 2 is 2.00 bits per heavy atom. The summed E-state index contributed by atoms with van der Waals surface area (Å²) < 4.78 is 26.2. The minimum atomic E-state index is -0.432. The zero-order valence-electron chi connectivity index (χ0n) is 15.5. The van der Waals surface area contributed by atoms with Crippen molar-refractivity contribution in [2.75, 3.05) is 13.7 Å². The zero-order valence-corrected chi connectivity index (χ0v) is 16.3. The van der Waals surface area contributed by atoms with Crippen LogP contribution in [0.5, 0.6) is 5.75 Å². The Bertz CT molecular complexity index is 961. The van der Waals surface area contributed by atoms with Crippen molar-refractivity contribution >= 4 is 23.1 Å². The molecule has 6 nitrogen and oxygen atoms in total. The summed E-state index contributed by atoms with van der Waals surface area (Å²) >= 11 is 5.86. The van der Waals surface area contributed by atoms with E-state index >= 15 is 0 Å². The van der Waals surface area contributed by atoms with Gasteiger partial charge in [0.1, 0.15) is 0 Å². The fourth-order valence-corrected chi connectivity index (χ4v) is 3.01. The number of carbonyl (C=O) groups is 1. The average Bonchev–Trinajstić information content (AvgIpc) is 3.11. The summed E-state index contributed by atoms with van der Waals surface area (Å²) in [5.74, 6) is -0.409. The number of fused-ring (bicyclic) bond motifs is 1. The number of ether oxygens (including phenoxy) is 2. The van der Waals surface area contributed by atoms with E-state index in [0.717, 1.165) is 36.9 Å². The van der Waals surface area contributed by atoms with E-state index in [0.29, 0.717) is 18.6 Å². The van der Waals surface area contributed by atoms with Gasteiger partial charge in [-0.15, -0.1) is 5.10 Å². The van der Waals surface area contributed by atoms with Gasteiger partial charge in [0.15, 0.2) is 11.6 Å². The van der Waals surface area contributed by atoms with Crippen molar-refractivity contribution in [3.8, 4) is 17.0 Å². The quantitative estimate of drug-likeness (QED) is 0.381. The number of nitrogens with zero attached hydrogens (tertiary/aromatic N) is 3. The number of aromatic nitrogens is 3. The molecule has 28 heavy (non-hydrogen) atoms. The highest BCUT2D eigenvalue weighted by Crippen LogP contribution is 2.27. The highest BCUT2D eigenvalue weighted by molar-refractivity contribution is 6.28. The molecule has 0 bridgehead atoms. The van der Waals surface area contributed by atoms with Crippen molar-refractivity contribution in [1.82, 2.24) is 14.6 Å². The van der Waals surface area contributed by atoms with Crippen molar-refractivity contribution in [2.45, 2.75) is 32.1 Å². The van der Waals surface area contributed by atoms with Gasteiger partial charge in [-0.1, -0.05) is 12.8 Å². The average molecular weight is 406 g/mol. The molecule has 0 aliphatic heterocycles. The second-order valence-electron chi connectivity index (χ2n) is 6.32. The molecule has 0 unspecified atom stereocenters.